The summed E-state index contributed by atoms with van der Waals surface area (Å²) in [5.74, 6) is 0.869. The Labute approximate surface area is 128 Å². The van der Waals surface area contributed by atoms with Crippen LogP contribution in [0.4, 0.5) is 5.69 Å². The quantitative estimate of drug-likeness (QED) is 0.860. The lowest BCUT2D eigenvalue weighted by Crippen LogP contribution is -2.12. The summed E-state index contributed by atoms with van der Waals surface area (Å²) in [6.07, 6.45) is 2.48. The number of aromatic amines is 1. The zero-order valence-electron chi connectivity index (χ0n) is 12.1. The minimum absolute atomic E-state index is 0.116. The number of anilines is 1. The predicted molar refractivity (Wildman–Crippen MR) is 84.2 cm³/mol. The number of ether oxygens (including phenoxy) is 1. The average molecular weight is 308 g/mol. The van der Waals surface area contributed by atoms with Crippen LogP contribution in [0.15, 0.2) is 29.2 Å². The Morgan fingerprint density at radius 1 is 1.43 bits per heavy atom. The van der Waals surface area contributed by atoms with E-state index in [1.807, 2.05) is 25.1 Å². The van der Waals surface area contributed by atoms with Crippen molar-refractivity contribution in [2.45, 2.75) is 26.8 Å². The number of H-pyrrole nitrogens is 1. The van der Waals surface area contributed by atoms with E-state index < -0.39 is 5.56 Å². The smallest absolute Gasteiger partial charge is 0.285 e. The first-order valence-corrected chi connectivity index (χ1v) is 7.19. The maximum atomic E-state index is 11.4. The summed E-state index contributed by atoms with van der Waals surface area (Å²) in [6.45, 7) is 5.37. The molecular formula is C15H18ClN3O2. The summed E-state index contributed by atoms with van der Waals surface area (Å²) in [4.78, 5) is 11.4. The summed E-state index contributed by atoms with van der Waals surface area (Å²) in [5, 5.41) is 9.24. The van der Waals surface area contributed by atoms with Gasteiger partial charge in [-0.2, -0.15) is 5.10 Å². The van der Waals surface area contributed by atoms with Crippen LogP contribution in [0.3, 0.4) is 0 Å². The van der Waals surface area contributed by atoms with Crippen LogP contribution in [-0.2, 0) is 6.54 Å². The van der Waals surface area contributed by atoms with Crippen LogP contribution in [-0.4, -0.2) is 16.8 Å². The standard InChI is InChI=1S/C15H18ClN3O2/c1-3-6-21-12-5-4-11(10(2)7-12)8-17-13-9-18-19-15(20)14(13)16/h4-5,7,9H,3,6,8H2,1-2H3,(H2,17,19,20). The molecule has 112 valence electrons. The van der Waals surface area contributed by atoms with Crippen LogP contribution in [0.5, 0.6) is 5.75 Å². The molecule has 0 aliphatic carbocycles. The van der Waals surface area contributed by atoms with Gasteiger partial charge in [0.2, 0.25) is 0 Å². The summed E-state index contributed by atoms with van der Waals surface area (Å²) in [7, 11) is 0. The molecule has 0 saturated carbocycles. The third-order valence-corrected chi connectivity index (χ3v) is 3.43. The molecule has 1 heterocycles. The van der Waals surface area contributed by atoms with Gasteiger partial charge >= 0.3 is 0 Å². The summed E-state index contributed by atoms with van der Waals surface area (Å²) in [5.41, 5.74) is 2.34. The maximum absolute atomic E-state index is 11.4. The van der Waals surface area contributed by atoms with Crippen molar-refractivity contribution < 1.29 is 4.74 Å². The molecule has 21 heavy (non-hydrogen) atoms. The first-order chi connectivity index (χ1) is 10.1. The third-order valence-electron chi connectivity index (χ3n) is 3.05. The SMILES string of the molecule is CCCOc1ccc(CNc2cn[nH]c(=O)c2Cl)c(C)c1. The van der Waals surface area contributed by atoms with E-state index in [0.29, 0.717) is 18.8 Å². The van der Waals surface area contributed by atoms with Gasteiger partial charge in [-0.1, -0.05) is 24.6 Å². The Balaban J connectivity index is 2.06. The van der Waals surface area contributed by atoms with Gasteiger partial charge in [0.15, 0.2) is 0 Å². The van der Waals surface area contributed by atoms with Crippen molar-refractivity contribution in [2.75, 3.05) is 11.9 Å². The number of benzene rings is 1. The topological polar surface area (TPSA) is 67.0 Å². The van der Waals surface area contributed by atoms with E-state index in [2.05, 4.69) is 22.4 Å². The Kier molecular flexibility index (Phi) is 5.22. The number of aryl methyl sites for hydroxylation is 1. The molecule has 0 spiro atoms. The van der Waals surface area contributed by atoms with Crippen molar-refractivity contribution in [3.05, 3.63) is 50.9 Å². The molecule has 0 aliphatic rings. The monoisotopic (exact) mass is 307 g/mol. The van der Waals surface area contributed by atoms with Gasteiger partial charge in [-0.3, -0.25) is 4.79 Å². The van der Waals surface area contributed by atoms with Gasteiger partial charge in [0.25, 0.3) is 5.56 Å². The van der Waals surface area contributed by atoms with Crippen LogP contribution >= 0.6 is 11.6 Å². The number of nitrogens with one attached hydrogen (secondary N) is 2. The average Bonchev–Trinajstić information content (AvgIpc) is 2.48. The van der Waals surface area contributed by atoms with Gasteiger partial charge in [-0.05, 0) is 36.6 Å². The maximum Gasteiger partial charge on any atom is 0.285 e. The van der Waals surface area contributed by atoms with Crippen LogP contribution < -0.4 is 15.6 Å². The Morgan fingerprint density at radius 3 is 2.95 bits per heavy atom. The first-order valence-electron chi connectivity index (χ1n) is 6.81. The molecule has 2 aromatic rings. The second-order valence-corrected chi connectivity index (χ2v) is 5.10. The van der Waals surface area contributed by atoms with Crippen LogP contribution in [0.25, 0.3) is 0 Å². The van der Waals surface area contributed by atoms with E-state index in [-0.39, 0.29) is 5.02 Å². The number of rotatable bonds is 6. The van der Waals surface area contributed by atoms with Crippen molar-refractivity contribution in [1.29, 1.82) is 0 Å². The van der Waals surface area contributed by atoms with E-state index in [0.717, 1.165) is 23.3 Å². The van der Waals surface area contributed by atoms with E-state index in [1.54, 1.807) is 0 Å². The summed E-state index contributed by atoms with van der Waals surface area (Å²) < 4.78 is 5.59. The number of aromatic nitrogens is 2. The number of nitrogens with zero attached hydrogens (tertiary/aromatic N) is 1. The molecular weight excluding hydrogens is 290 g/mol. The lowest BCUT2D eigenvalue weighted by Gasteiger charge is -2.11. The molecule has 0 atom stereocenters. The Bertz CT molecular complexity index is 670. The molecule has 2 rings (SSSR count). The van der Waals surface area contributed by atoms with E-state index in [9.17, 15) is 4.79 Å². The Morgan fingerprint density at radius 2 is 2.24 bits per heavy atom. The van der Waals surface area contributed by atoms with Gasteiger partial charge < -0.3 is 10.1 Å². The number of halogens is 1. The van der Waals surface area contributed by atoms with Gasteiger partial charge in [-0.25, -0.2) is 5.10 Å². The molecule has 1 aromatic heterocycles. The lowest BCUT2D eigenvalue weighted by molar-refractivity contribution is 0.317. The van der Waals surface area contributed by atoms with Gasteiger partial charge in [0, 0.05) is 6.54 Å². The molecule has 2 N–H and O–H groups in total. The van der Waals surface area contributed by atoms with E-state index >= 15 is 0 Å². The minimum atomic E-state index is -0.401. The molecule has 5 nitrogen and oxygen atoms in total. The first kappa shape index (κ1) is 15.4. The van der Waals surface area contributed by atoms with Crippen molar-refractivity contribution in [1.82, 2.24) is 10.2 Å². The zero-order valence-corrected chi connectivity index (χ0v) is 12.8. The zero-order chi connectivity index (χ0) is 15.2. The van der Waals surface area contributed by atoms with Gasteiger partial charge in [0.05, 0.1) is 18.5 Å². The van der Waals surface area contributed by atoms with Crippen molar-refractivity contribution in [2.24, 2.45) is 0 Å². The predicted octanol–water partition coefficient (Wildman–Crippen LogP) is 3.13. The van der Waals surface area contributed by atoms with E-state index in [4.69, 9.17) is 16.3 Å². The molecule has 0 aliphatic heterocycles. The second kappa shape index (κ2) is 7.13. The fourth-order valence-corrected chi connectivity index (χ4v) is 2.03. The molecule has 0 radical (unpaired) electrons. The molecule has 0 bridgehead atoms. The lowest BCUT2D eigenvalue weighted by atomic mass is 10.1. The van der Waals surface area contributed by atoms with Crippen LogP contribution in [0.1, 0.15) is 24.5 Å². The largest absolute Gasteiger partial charge is 0.494 e. The molecule has 0 fully saturated rings. The fraction of sp³-hybridized carbons (Fsp3) is 0.333. The van der Waals surface area contributed by atoms with Gasteiger partial charge in [0.1, 0.15) is 10.8 Å². The highest BCUT2D eigenvalue weighted by molar-refractivity contribution is 6.32. The van der Waals surface area contributed by atoms with Crippen molar-refractivity contribution in [3.8, 4) is 5.75 Å². The molecule has 0 amide bonds. The second-order valence-electron chi connectivity index (χ2n) is 4.72. The highest BCUT2D eigenvalue weighted by Crippen LogP contribution is 2.20. The fourth-order valence-electron chi connectivity index (χ4n) is 1.87. The molecule has 6 heteroatoms. The van der Waals surface area contributed by atoms with Crippen LogP contribution in [0.2, 0.25) is 5.02 Å². The number of hydrogen-bond acceptors (Lipinski definition) is 4. The minimum Gasteiger partial charge on any atom is -0.494 e. The highest BCUT2D eigenvalue weighted by Gasteiger charge is 2.06. The number of hydrogen-bond donors (Lipinski definition) is 2. The van der Waals surface area contributed by atoms with Gasteiger partial charge in [-0.15, -0.1) is 0 Å². The van der Waals surface area contributed by atoms with Crippen LogP contribution in [0, 0.1) is 6.92 Å². The normalized spacial score (nSPS) is 10.4. The van der Waals surface area contributed by atoms with E-state index in [1.165, 1.54) is 6.20 Å². The summed E-state index contributed by atoms with van der Waals surface area (Å²) >= 11 is 5.92. The van der Waals surface area contributed by atoms with Crippen molar-refractivity contribution >= 4 is 17.3 Å². The van der Waals surface area contributed by atoms with Crippen molar-refractivity contribution in [3.63, 3.8) is 0 Å². The summed E-state index contributed by atoms with van der Waals surface area (Å²) in [6, 6.07) is 5.95. The molecule has 0 saturated heterocycles. The molecule has 0 unspecified atom stereocenters. The highest BCUT2D eigenvalue weighted by atomic mass is 35.5. The Hall–Kier alpha value is -2.01. The molecule has 1 aromatic carbocycles. The third kappa shape index (κ3) is 3.98.